The summed E-state index contributed by atoms with van der Waals surface area (Å²) in [7, 11) is 0. The Morgan fingerprint density at radius 2 is 1.60 bits per heavy atom. The predicted octanol–water partition coefficient (Wildman–Crippen LogP) is 4.75. The summed E-state index contributed by atoms with van der Waals surface area (Å²) in [5, 5.41) is 3.28. The molecule has 0 aromatic heterocycles. The average molecular weight is 412 g/mol. The Labute approximate surface area is 179 Å². The number of ether oxygens (including phenoxy) is 3. The van der Waals surface area contributed by atoms with Crippen LogP contribution in [0.4, 0.5) is 0 Å². The van der Waals surface area contributed by atoms with Crippen molar-refractivity contribution in [3.05, 3.63) is 60.2 Å². The Kier molecular flexibility index (Phi) is 8.14. The first-order valence-corrected chi connectivity index (χ1v) is 10.8. The molecule has 1 fully saturated rings. The number of nitrogens with one attached hydrogen (secondary N) is 1. The van der Waals surface area contributed by atoms with E-state index in [2.05, 4.69) is 5.32 Å². The van der Waals surface area contributed by atoms with Gasteiger partial charge in [-0.1, -0.05) is 30.3 Å². The zero-order chi connectivity index (χ0) is 21.2. The molecule has 30 heavy (non-hydrogen) atoms. The zero-order valence-electron chi connectivity index (χ0n) is 18.1. The van der Waals surface area contributed by atoms with Crippen molar-refractivity contribution in [3.8, 4) is 11.5 Å². The van der Waals surface area contributed by atoms with Crippen molar-refractivity contribution in [3.63, 3.8) is 0 Å². The van der Waals surface area contributed by atoms with Crippen LogP contribution in [0.15, 0.2) is 54.6 Å². The molecule has 0 bridgehead atoms. The van der Waals surface area contributed by atoms with Gasteiger partial charge in [0.05, 0.1) is 12.5 Å². The highest BCUT2D eigenvalue weighted by molar-refractivity contribution is 5.73. The SMILES string of the molecule is CC(C)(CCCOc1ccc(OCc2ccccc2)cc1)OC(=O)C1CCNCC1. The number of piperidine rings is 1. The highest BCUT2D eigenvalue weighted by Crippen LogP contribution is 2.23. The molecule has 0 amide bonds. The third-order valence-corrected chi connectivity index (χ3v) is 5.31. The standard InChI is InChI=1S/C25H33NO4/c1-25(2,30-24(27)21-13-16-26-17-14-21)15-6-18-28-22-9-11-23(12-10-22)29-19-20-7-4-3-5-8-20/h3-5,7-12,21,26H,6,13-19H2,1-2H3. The van der Waals surface area contributed by atoms with Gasteiger partial charge in [0.1, 0.15) is 23.7 Å². The zero-order valence-corrected chi connectivity index (χ0v) is 18.1. The van der Waals surface area contributed by atoms with Gasteiger partial charge in [0.15, 0.2) is 0 Å². The maximum absolute atomic E-state index is 12.4. The Morgan fingerprint density at radius 3 is 2.27 bits per heavy atom. The van der Waals surface area contributed by atoms with E-state index in [1.807, 2.05) is 68.4 Å². The summed E-state index contributed by atoms with van der Waals surface area (Å²) in [6.07, 6.45) is 3.31. The molecule has 1 heterocycles. The quantitative estimate of drug-likeness (QED) is 0.452. The van der Waals surface area contributed by atoms with Gasteiger partial charge in [-0.15, -0.1) is 0 Å². The third-order valence-electron chi connectivity index (χ3n) is 5.31. The number of benzene rings is 2. The molecule has 1 saturated heterocycles. The molecule has 0 radical (unpaired) electrons. The van der Waals surface area contributed by atoms with Gasteiger partial charge in [-0.25, -0.2) is 0 Å². The van der Waals surface area contributed by atoms with Crippen LogP contribution in [0.2, 0.25) is 0 Å². The fourth-order valence-corrected chi connectivity index (χ4v) is 3.53. The molecule has 1 aliphatic heterocycles. The van der Waals surface area contributed by atoms with Crippen molar-refractivity contribution < 1.29 is 19.0 Å². The molecule has 5 heteroatoms. The van der Waals surface area contributed by atoms with Crippen LogP contribution < -0.4 is 14.8 Å². The average Bonchev–Trinajstić information content (AvgIpc) is 2.77. The second-order valence-corrected chi connectivity index (χ2v) is 8.40. The van der Waals surface area contributed by atoms with Gasteiger partial charge in [-0.2, -0.15) is 0 Å². The van der Waals surface area contributed by atoms with Gasteiger partial charge in [0, 0.05) is 0 Å². The lowest BCUT2D eigenvalue weighted by Crippen LogP contribution is -2.37. The van der Waals surface area contributed by atoms with Crippen molar-refractivity contribution in [1.29, 1.82) is 0 Å². The van der Waals surface area contributed by atoms with E-state index in [0.717, 1.165) is 55.8 Å². The number of hydrogen-bond acceptors (Lipinski definition) is 5. The van der Waals surface area contributed by atoms with Crippen LogP contribution in [0.25, 0.3) is 0 Å². The van der Waals surface area contributed by atoms with Gasteiger partial charge in [0.25, 0.3) is 0 Å². The Hall–Kier alpha value is -2.53. The lowest BCUT2D eigenvalue weighted by atomic mass is 9.97. The number of esters is 1. The number of carbonyl (C=O) groups excluding carboxylic acids is 1. The first kappa shape index (κ1) is 22.2. The van der Waals surface area contributed by atoms with E-state index in [0.29, 0.717) is 13.2 Å². The van der Waals surface area contributed by atoms with Crippen molar-refractivity contribution in [2.75, 3.05) is 19.7 Å². The molecule has 5 nitrogen and oxygen atoms in total. The summed E-state index contributed by atoms with van der Waals surface area (Å²) in [6, 6.07) is 17.8. The van der Waals surface area contributed by atoms with Crippen LogP contribution in [-0.4, -0.2) is 31.3 Å². The highest BCUT2D eigenvalue weighted by Gasteiger charge is 2.28. The van der Waals surface area contributed by atoms with Gasteiger partial charge in [-0.3, -0.25) is 4.79 Å². The summed E-state index contributed by atoms with van der Waals surface area (Å²) >= 11 is 0. The molecule has 162 valence electrons. The molecule has 1 N–H and O–H groups in total. The third kappa shape index (κ3) is 7.38. The first-order chi connectivity index (χ1) is 14.5. The fraction of sp³-hybridized carbons (Fsp3) is 0.480. The Balaban J connectivity index is 1.34. The van der Waals surface area contributed by atoms with Crippen LogP contribution in [0.3, 0.4) is 0 Å². The molecule has 0 aliphatic carbocycles. The Bertz CT molecular complexity index is 767. The van der Waals surface area contributed by atoms with E-state index in [9.17, 15) is 4.79 Å². The summed E-state index contributed by atoms with van der Waals surface area (Å²) < 4.78 is 17.4. The number of carbonyl (C=O) groups is 1. The van der Waals surface area contributed by atoms with E-state index in [4.69, 9.17) is 14.2 Å². The molecular weight excluding hydrogens is 378 g/mol. The molecule has 3 rings (SSSR count). The summed E-state index contributed by atoms with van der Waals surface area (Å²) in [6.45, 7) is 6.87. The Morgan fingerprint density at radius 1 is 0.967 bits per heavy atom. The van der Waals surface area contributed by atoms with E-state index in [1.165, 1.54) is 0 Å². The van der Waals surface area contributed by atoms with Crippen LogP contribution >= 0.6 is 0 Å². The normalized spacial score (nSPS) is 14.9. The number of rotatable bonds is 10. The lowest BCUT2D eigenvalue weighted by Gasteiger charge is -2.29. The second-order valence-electron chi connectivity index (χ2n) is 8.40. The molecule has 0 spiro atoms. The van der Waals surface area contributed by atoms with E-state index in [1.54, 1.807) is 0 Å². The topological polar surface area (TPSA) is 56.8 Å². The van der Waals surface area contributed by atoms with Gasteiger partial charge < -0.3 is 19.5 Å². The van der Waals surface area contributed by atoms with Crippen molar-refractivity contribution >= 4 is 5.97 Å². The first-order valence-electron chi connectivity index (χ1n) is 10.8. The van der Waals surface area contributed by atoms with E-state index in [-0.39, 0.29) is 11.9 Å². The predicted molar refractivity (Wildman–Crippen MR) is 118 cm³/mol. The maximum Gasteiger partial charge on any atom is 0.309 e. The largest absolute Gasteiger partial charge is 0.494 e. The second kappa shape index (κ2) is 11.0. The monoisotopic (exact) mass is 411 g/mol. The number of hydrogen-bond donors (Lipinski definition) is 1. The van der Waals surface area contributed by atoms with E-state index < -0.39 is 5.60 Å². The van der Waals surface area contributed by atoms with Crippen molar-refractivity contribution in [2.45, 2.75) is 51.7 Å². The van der Waals surface area contributed by atoms with Crippen LogP contribution in [0.1, 0.15) is 45.1 Å². The minimum Gasteiger partial charge on any atom is -0.494 e. The maximum atomic E-state index is 12.4. The van der Waals surface area contributed by atoms with Crippen LogP contribution in [-0.2, 0) is 16.1 Å². The molecule has 0 saturated carbocycles. The molecule has 2 aromatic rings. The summed E-state index contributed by atoms with van der Waals surface area (Å²) in [5.74, 6) is 1.60. The van der Waals surface area contributed by atoms with E-state index >= 15 is 0 Å². The molecule has 0 atom stereocenters. The van der Waals surface area contributed by atoms with Crippen LogP contribution in [0.5, 0.6) is 11.5 Å². The summed E-state index contributed by atoms with van der Waals surface area (Å²) in [5.41, 5.74) is 0.668. The van der Waals surface area contributed by atoms with Crippen molar-refractivity contribution in [2.24, 2.45) is 5.92 Å². The molecule has 0 unspecified atom stereocenters. The van der Waals surface area contributed by atoms with Crippen LogP contribution in [0, 0.1) is 5.92 Å². The molecule has 2 aromatic carbocycles. The lowest BCUT2D eigenvalue weighted by molar-refractivity contribution is -0.163. The molecule has 1 aliphatic rings. The van der Waals surface area contributed by atoms with Gasteiger partial charge >= 0.3 is 5.97 Å². The highest BCUT2D eigenvalue weighted by atomic mass is 16.6. The smallest absolute Gasteiger partial charge is 0.309 e. The van der Waals surface area contributed by atoms with Gasteiger partial charge in [0.2, 0.25) is 0 Å². The minimum atomic E-state index is -0.472. The van der Waals surface area contributed by atoms with Crippen molar-refractivity contribution in [1.82, 2.24) is 5.32 Å². The van der Waals surface area contributed by atoms with Gasteiger partial charge in [-0.05, 0) is 82.4 Å². The fourth-order valence-electron chi connectivity index (χ4n) is 3.53. The summed E-state index contributed by atoms with van der Waals surface area (Å²) in [4.78, 5) is 12.4. The minimum absolute atomic E-state index is 0.0319. The molecular formula is C25H33NO4.